The summed E-state index contributed by atoms with van der Waals surface area (Å²) in [7, 11) is 0. The first kappa shape index (κ1) is 19.3. The molecular formula is C21H16Cl2N4O3. The number of aliphatic hydroxyl groups excluding tert-OH is 1. The predicted molar refractivity (Wildman–Crippen MR) is 114 cm³/mol. The fraction of sp³-hybridized carbons (Fsp3) is 0.190. The van der Waals surface area contributed by atoms with Crippen molar-refractivity contribution < 1.29 is 9.84 Å². The molecule has 0 saturated carbocycles. The minimum absolute atomic E-state index is 0.165. The van der Waals surface area contributed by atoms with Gasteiger partial charge in [0.2, 0.25) is 0 Å². The van der Waals surface area contributed by atoms with E-state index in [0.29, 0.717) is 15.7 Å². The molecule has 2 atom stereocenters. The van der Waals surface area contributed by atoms with Crippen LogP contribution in [0.2, 0.25) is 10.0 Å². The molecule has 1 unspecified atom stereocenters. The highest BCUT2D eigenvalue weighted by atomic mass is 35.5. The molecule has 3 heterocycles. The van der Waals surface area contributed by atoms with Gasteiger partial charge in [-0.25, -0.2) is 9.48 Å². The maximum atomic E-state index is 13.0. The van der Waals surface area contributed by atoms with Gasteiger partial charge in [0.1, 0.15) is 12.1 Å². The number of fused-ring (bicyclic) bond motifs is 1. The molecule has 5 rings (SSSR count). The van der Waals surface area contributed by atoms with Gasteiger partial charge in [-0.3, -0.25) is 0 Å². The molecule has 4 aromatic rings. The molecule has 1 saturated heterocycles. The molecule has 2 aromatic carbocycles. The van der Waals surface area contributed by atoms with Crippen LogP contribution in [-0.2, 0) is 4.74 Å². The van der Waals surface area contributed by atoms with Crippen molar-refractivity contribution >= 4 is 28.8 Å². The number of rotatable bonds is 3. The average molecular weight is 443 g/mol. The van der Waals surface area contributed by atoms with Crippen LogP contribution in [0.1, 0.15) is 6.04 Å². The number of halogens is 2. The third-order valence-corrected chi connectivity index (χ3v) is 5.70. The zero-order valence-electron chi connectivity index (χ0n) is 15.6. The van der Waals surface area contributed by atoms with Gasteiger partial charge in [-0.1, -0.05) is 47.5 Å². The molecular weight excluding hydrogens is 427 g/mol. The lowest BCUT2D eigenvalue weighted by atomic mass is 9.97. The summed E-state index contributed by atoms with van der Waals surface area (Å²) in [4.78, 5) is 13.0. The van der Waals surface area contributed by atoms with Crippen LogP contribution in [0, 0.1) is 0 Å². The van der Waals surface area contributed by atoms with Gasteiger partial charge in [0, 0.05) is 21.2 Å². The number of aliphatic hydroxyl groups is 1. The molecule has 30 heavy (non-hydrogen) atoms. The number of hydrogen-bond donors (Lipinski definition) is 1. The molecule has 1 aliphatic rings. The summed E-state index contributed by atoms with van der Waals surface area (Å²) in [5, 5.41) is 20.3. The monoisotopic (exact) mass is 442 g/mol. The smallest absolute Gasteiger partial charge is 0.367 e. The number of aromatic nitrogens is 4. The lowest BCUT2D eigenvalue weighted by Gasteiger charge is -2.11. The van der Waals surface area contributed by atoms with Crippen molar-refractivity contribution in [2.45, 2.75) is 12.1 Å². The quantitative estimate of drug-likeness (QED) is 0.525. The van der Waals surface area contributed by atoms with Gasteiger partial charge < -0.3 is 9.84 Å². The van der Waals surface area contributed by atoms with E-state index in [0.717, 1.165) is 22.3 Å². The van der Waals surface area contributed by atoms with Crippen LogP contribution in [0.4, 0.5) is 0 Å². The van der Waals surface area contributed by atoms with Crippen LogP contribution in [0.25, 0.3) is 27.9 Å². The van der Waals surface area contributed by atoms with E-state index in [2.05, 4.69) is 10.2 Å². The second-order valence-electron chi connectivity index (χ2n) is 7.08. The molecule has 7 nitrogen and oxygen atoms in total. The Morgan fingerprint density at radius 1 is 0.967 bits per heavy atom. The summed E-state index contributed by atoms with van der Waals surface area (Å²) in [5.74, 6) is 0. The lowest BCUT2D eigenvalue weighted by Crippen LogP contribution is -2.32. The van der Waals surface area contributed by atoms with Crippen molar-refractivity contribution in [3.63, 3.8) is 0 Å². The minimum atomic E-state index is -0.803. The van der Waals surface area contributed by atoms with Crippen LogP contribution in [0.15, 0.2) is 59.5 Å². The number of benzene rings is 2. The number of ether oxygens (including phenoxy) is 1. The summed E-state index contributed by atoms with van der Waals surface area (Å²) in [6.45, 7) is 0.379. The molecule has 1 aliphatic heterocycles. The summed E-state index contributed by atoms with van der Waals surface area (Å²) in [6.07, 6.45) is 0.831. The minimum Gasteiger partial charge on any atom is -0.388 e. The Balaban J connectivity index is 1.80. The summed E-state index contributed by atoms with van der Waals surface area (Å²) >= 11 is 12.1. The number of hydrogen-bond acceptors (Lipinski definition) is 5. The first-order valence-electron chi connectivity index (χ1n) is 9.31. The van der Waals surface area contributed by atoms with E-state index < -0.39 is 17.8 Å². The van der Waals surface area contributed by atoms with Gasteiger partial charge >= 0.3 is 5.69 Å². The van der Waals surface area contributed by atoms with Crippen LogP contribution >= 0.6 is 23.2 Å². The maximum Gasteiger partial charge on any atom is 0.367 e. The Labute approximate surface area is 181 Å². The normalized spacial score (nSPS) is 18.9. The standard InChI is InChI=1S/C21H16Cl2N4O3/c22-14-5-1-12(2-6-14)16-9-24-27-20(19(16)13-3-7-15(23)8-4-13)25-26(21(27)29)17-10-30-11-18(17)28/h1-9,17-18,28H,10-11H2/t17-,18?/m0/s1. The second kappa shape index (κ2) is 7.52. The lowest BCUT2D eigenvalue weighted by molar-refractivity contribution is 0.117. The predicted octanol–water partition coefficient (Wildman–Crippen LogP) is 3.46. The third kappa shape index (κ3) is 3.20. The van der Waals surface area contributed by atoms with Crippen LogP contribution in [-0.4, -0.2) is 43.8 Å². The summed E-state index contributed by atoms with van der Waals surface area (Å²) in [5.41, 5.74) is 3.18. The van der Waals surface area contributed by atoms with Crippen molar-refractivity contribution in [2.75, 3.05) is 13.2 Å². The van der Waals surface area contributed by atoms with Crippen molar-refractivity contribution in [1.82, 2.24) is 19.4 Å². The Kier molecular flexibility index (Phi) is 4.83. The van der Waals surface area contributed by atoms with E-state index in [4.69, 9.17) is 27.9 Å². The molecule has 0 spiro atoms. The maximum absolute atomic E-state index is 13.0. The first-order chi connectivity index (χ1) is 14.5. The van der Waals surface area contributed by atoms with Crippen molar-refractivity contribution in [1.29, 1.82) is 0 Å². The second-order valence-corrected chi connectivity index (χ2v) is 7.95. The van der Waals surface area contributed by atoms with Crippen LogP contribution in [0.3, 0.4) is 0 Å². The highest BCUT2D eigenvalue weighted by Crippen LogP contribution is 2.35. The average Bonchev–Trinajstić information content (AvgIpc) is 3.31. The largest absolute Gasteiger partial charge is 0.388 e. The van der Waals surface area contributed by atoms with Crippen molar-refractivity contribution in [2.24, 2.45) is 0 Å². The van der Waals surface area contributed by atoms with Gasteiger partial charge in [-0.2, -0.15) is 9.61 Å². The SMILES string of the molecule is O=c1n([C@H]2COCC2O)nc2c(-c3ccc(Cl)cc3)c(-c3ccc(Cl)cc3)cnn12. The molecule has 0 aliphatic carbocycles. The van der Waals surface area contributed by atoms with Crippen molar-refractivity contribution in [3.8, 4) is 22.3 Å². The van der Waals surface area contributed by atoms with E-state index in [-0.39, 0.29) is 13.2 Å². The Bertz CT molecular complexity index is 1280. The molecule has 1 N–H and O–H groups in total. The zero-order chi connectivity index (χ0) is 20.8. The third-order valence-electron chi connectivity index (χ3n) is 5.20. The molecule has 1 fully saturated rings. The molecule has 0 bridgehead atoms. The Hall–Kier alpha value is -2.71. The first-order valence-corrected chi connectivity index (χ1v) is 10.1. The van der Waals surface area contributed by atoms with E-state index in [1.807, 2.05) is 24.3 Å². The van der Waals surface area contributed by atoms with E-state index in [9.17, 15) is 9.90 Å². The topological polar surface area (TPSA) is 81.6 Å². The van der Waals surface area contributed by atoms with Gasteiger partial charge in [0.25, 0.3) is 0 Å². The number of nitrogens with zero attached hydrogens (tertiary/aromatic N) is 4. The summed E-state index contributed by atoms with van der Waals surface area (Å²) in [6, 6.07) is 14.1. The Morgan fingerprint density at radius 2 is 1.60 bits per heavy atom. The van der Waals surface area contributed by atoms with Crippen LogP contribution in [0.5, 0.6) is 0 Å². The zero-order valence-corrected chi connectivity index (χ0v) is 17.1. The molecule has 2 aromatic heterocycles. The fourth-order valence-electron chi connectivity index (χ4n) is 3.67. The Morgan fingerprint density at radius 3 is 2.20 bits per heavy atom. The molecule has 9 heteroatoms. The fourth-order valence-corrected chi connectivity index (χ4v) is 3.92. The highest BCUT2D eigenvalue weighted by molar-refractivity contribution is 6.31. The van der Waals surface area contributed by atoms with Gasteiger partial charge in [-0.15, -0.1) is 5.10 Å². The van der Waals surface area contributed by atoms with Gasteiger partial charge in [0.05, 0.1) is 19.4 Å². The van der Waals surface area contributed by atoms with Crippen LogP contribution < -0.4 is 5.69 Å². The van der Waals surface area contributed by atoms with E-state index >= 15 is 0 Å². The van der Waals surface area contributed by atoms with Crippen molar-refractivity contribution in [3.05, 3.63) is 75.3 Å². The van der Waals surface area contributed by atoms with Gasteiger partial charge in [0.15, 0.2) is 5.65 Å². The van der Waals surface area contributed by atoms with E-state index in [1.54, 1.807) is 30.5 Å². The van der Waals surface area contributed by atoms with E-state index in [1.165, 1.54) is 9.20 Å². The molecule has 0 amide bonds. The summed E-state index contributed by atoms with van der Waals surface area (Å²) < 4.78 is 7.80. The van der Waals surface area contributed by atoms with Gasteiger partial charge in [-0.05, 0) is 35.4 Å². The molecule has 0 radical (unpaired) electrons. The highest BCUT2D eigenvalue weighted by Gasteiger charge is 2.32. The molecule has 152 valence electrons.